The van der Waals surface area contributed by atoms with Crippen LogP contribution >= 0.6 is 11.8 Å². The molecule has 0 aromatic heterocycles. The highest BCUT2D eigenvalue weighted by atomic mass is 32.2. The number of carbonyl (C=O) groups excluding carboxylic acids is 2. The van der Waals surface area contributed by atoms with Crippen LogP contribution in [0.3, 0.4) is 0 Å². The molecule has 9 nitrogen and oxygen atoms in total. The Labute approximate surface area is 235 Å². The Bertz CT molecular complexity index is 1430. The van der Waals surface area contributed by atoms with Gasteiger partial charge in [-0.1, -0.05) is 54.2 Å². The molecule has 1 atom stereocenters. The van der Waals surface area contributed by atoms with Crippen LogP contribution in [0.15, 0.2) is 84.0 Å². The third-order valence-corrected chi connectivity index (χ3v) is 7.30. The summed E-state index contributed by atoms with van der Waals surface area (Å²) in [7, 11) is 0. The fourth-order valence-corrected chi connectivity index (χ4v) is 5.54. The lowest BCUT2D eigenvalue weighted by Gasteiger charge is -2.35. The van der Waals surface area contributed by atoms with E-state index in [1.54, 1.807) is 32.9 Å². The molecule has 0 N–H and O–H groups in total. The van der Waals surface area contributed by atoms with Gasteiger partial charge in [0.05, 0.1) is 4.92 Å². The molecule has 1 heterocycles. The maximum atomic E-state index is 14.1. The number of thioether (sulfide) groups is 1. The minimum atomic E-state index is -1.14. The number of hydrogen-bond donors (Lipinski definition) is 0. The number of rotatable bonds is 8. The van der Waals surface area contributed by atoms with E-state index in [0.717, 1.165) is 5.56 Å². The molecule has 208 valence electrons. The van der Waals surface area contributed by atoms with E-state index in [9.17, 15) is 24.1 Å². The standard InChI is InChI=1S/C29H28FN3O6S/c1-28(2,3)39-25(34)13-8-18-29(21-10-5-4-6-11-21)32(31-26(40-29)20-9-7-12-22(30)19-20)27(35)38-24-16-14-23(15-17-24)33(36)37/h4-7,9-12,14-17,19H,8,13,18H2,1-3H3. The molecule has 0 saturated heterocycles. The molecular formula is C29H28FN3O6S. The molecule has 0 radical (unpaired) electrons. The predicted octanol–water partition coefficient (Wildman–Crippen LogP) is 7.01. The molecular weight excluding hydrogens is 537 g/mol. The van der Waals surface area contributed by atoms with E-state index in [1.165, 1.54) is 53.2 Å². The van der Waals surface area contributed by atoms with Crippen molar-refractivity contribution >= 4 is 34.6 Å². The number of non-ortho nitro benzene ring substituents is 1. The smallest absolute Gasteiger partial charge is 0.437 e. The fourth-order valence-electron chi connectivity index (χ4n) is 4.15. The fraction of sp³-hybridized carbons (Fsp3) is 0.276. The molecule has 3 aromatic carbocycles. The van der Waals surface area contributed by atoms with Crippen LogP contribution < -0.4 is 4.74 Å². The van der Waals surface area contributed by atoms with Gasteiger partial charge in [-0.25, -0.2) is 9.18 Å². The molecule has 0 fully saturated rings. The first-order chi connectivity index (χ1) is 19.0. The summed E-state index contributed by atoms with van der Waals surface area (Å²) in [6, 6.07) is 20.2. The average molecular weight is 566 g/mol. The largest absolute Gasteiger partial charge is 0.460 e. The number of halogens is 1. The van der Waals surface area contributed by atoms with E-state index in [1.807, 2.05) is 30.3 Å². The Hall–Kier alpha value is -4.25. The van der Waals surface area contributed by atoms with Crippen molar-refractivity contribution in [1.82, 2.24) is 5.01 Å². The summed E-state index contributed by atoms with van der Waals surface area (Å²) in [6.07, 6.45) is -0.0933. The van der Waals surface area contributed by atoms with Crippen molar-refractivity contribution in [3.05, 3.63) is 106 Å². The topological polar surface area (TPSA) is 111 Å². The number of nitrogens with zero attached hydrogens (tertiary/aromatic N) is 3. The van der Waals surface area contributed by atoms with Crippen molar-refractivity contribution in [2.24, 2.45) is 5.10 Å². The molecule has 4 rings (SSSR count). The molecule has 11 heteroatoms. The van der Waals surface area contributed by atoms with Crippen molar-refractivity contribution in [1.29, 1.82) is 0 Å². The van der Waals surface area contributed by atoms with Crippen LogP contribution in [0.5, 0.6) is 5.75 Å². The molecule has 0 bridgehead atoms. The number of nitro benzene ring substituents is 1. The number of amides is 1. The molecule has 1 aliphatic heterocycles. The summed E-state index contributed by atoms with van der Waals surface area (Å²) in [5.41, 5.74) is 0.414. The molecule has 1 unspecified atom stereocenters. The van der Waals surface area contributed by atoms with Crippen LogP contribution in [0.1, 0.15) is 51.2 Å². The zero-order valence-electron chi connectivity index (χ0n) is 22.2. The highest BCUT2D eigenvalue weighted by Gasteiger charge is 2.49. The summed E-state index contributed by atoms with van der Waals surface area (Å²) < 4.78 is 25.2. The first-order valence-electron chi connectivity index (χ1n) is 12.5. The highest BCUT2D eigenvalue weighted by Crippen LogP contribution is 2.51. The monoisotopic (exact) mass is 565 g/mol. The summed E-state index contributed by atoms with van der Waals surface area (Å²) >= 11 is 1.26. The van der Waals surface area contributed by atoms with Crippen LogP contribution in [0.4, 0.5) is 14.9 Å². The number of esters is 1. The normalized spacial score (nSPS) is 16.8. The Morgan fingerprint density at radius 1 is 1.05 bits per heavy atom. The van der Waals surface area contributed by atoms with E-state index < -0.39 is 27.3 Å². The van der Waals surface area contributed by atoms with Crippen LogP contribution in [0.2, 0.25) is 0 Å². The lowest BCUT2D eigenvalue weighted by Crippen LogP contribution is -2.43. The predicted molar refractivity (Wildman–Crippen MR) is 149 cm³/mol. The quantitative estimate of drug-likeness (QED) is 0.164. The van der Waals surface area contributed by atoms with Gasteiger partial charge in [-0.15, -0.1) is 0 Å². The molecule has 3 aromatic rings. The van der Waals surface area contributed by atoms with Crippen molar-refractivity contribution < 1.29 is 28.4 Å². The van der Waals surface area contributed by atoms with Gasteiger partial charge < -0.3 is 9.47 Å². The number of benzene rings is 3. The van der Waals surface area contributed by atoms with Gasteiger partial charge in [0.25, 0.3) is 5.69 Å². The van der Waals surface area contributed by atoms with Crippen LogP contribution in [-0.4, -0.2) is 32.6 Å². The molecule has 0 aliphatic carbocycles. The Balaban J connectivity index is 1.70. The van der Waals surface area contributed by atoms with Crippen molar-refractivity contribution in [2.45, 2.75) is 50.5 Å². The maximum Gasteiger partial charge on any atom is 0.437 e. The number of nitro groups is 1. The van der Waals surface area contributed by atoms with Crippen molar-refractivity contribution in [3.63, 3.8) is 0 Å². The molecule has 1 amide bonds. The van der Waals surface area contributed by atoms with Crippen molar-refractivity contribution in [3.8, 4) is 5.75 Å². The minimum absolute atomic E-state index is 0.0886. The van der Waals surface area contributed by atoms with E-state index in [4.69, 9.17) is 9.47 Å². The van der Waals surface area contributed by atoms with Gasteiger partial charge in [-0.3, -0.25) is 14.9 Å². The van der Waals surface area contributed by atoms with Crippen LogP contribution in [0.25, 0.3) is 0 Å². The number of hydrogen-bond acceptors (Lipinski definition) is 8. The molecule has 0 spiro atoms. The SMILES string of the molecule is CC(C)(C)OC(=O)CCCC1(c2ccccc2)SC(c2cccc(F)c2)=NN1C(=O)Oc1ccc([N+](=O)[O-])cc1. The third kappa shape index (κ3) is 6.84. The van der Waals surface area contributed by atoms with Gasteiger partial charge in [-0.05, 0) is 63.4 Å². The highest BCUT2D eigenvalue weighted by molar-refractivity contribution is 8.15. The van der Waals surface area contributed by atoms with Gasteiger partial charge in [-0.2, -0.15) is 10.1 Å². The van der Waals surface area contributed by atoms with Gasteiger partial charge in [0.15, 0.2) is 0 Å². The van der Waals surface area contributed by atoms with E-state index >= 15 is 0 Å². The second-order valence-electron chi connectivity index (χ2n) is 10.0. The summed E-state index contributed by atoms with van der Waals surface area (Å²) in [5.74, 6) is -0.737. The molecule has 0 saturated carbocycles. The minimum Gasteiger partial charge on any atom is -0.460 e. The van der Waals surface area contributed by atoms with Crippen LogP contribution in [-0.2, 0) is 14.4 Å². The zero-order valence-corrected chi connectivity index (χ0v) is 23.0. The second kappa shape index (κ2) is 11.9. The average Bonchev–Trinajstić information content (AvgIpc) is 3.29. The maximum absolute atomic E-state index is 14.1. The number of carbonyl (C=O) groups is 2. The zero-order chi connectivity index (χ0) is 28.9. The lowest BCUT2D eigenvalue weighted by molar-refractivity contribution is -0.384. The Morgan fingerprint density at radius 2 is 1.75 bits per heavy atom. The first-order valence-corrected chi connectivity index (χ1v) is 13.4. The van der Waals surface area contributed by atoms with E-state index in [2.05, 4.69) is 5.10 Å². The van der Waals surface area contributed by atoms with Gasteiger partial charge >= 0.3 is 12.1 Å². The van der Waals surface area contributed by atoms with Gasteiger partial charge in [0, 0.05) is 24.1 Å². The van der Waals surface area contributed by atoms with E-state index in [-0.39, 0.29) is 23.8 Å². The Kier molecular flexibility index (Phi) is 8.53. The molecule has 1 aliphatic rings. The summed E-state index contributed by atoms with van der Waals surface area (Å²) in [6.45, 7) is 5.37. The van der Waals surface area contributed by atoms with Gasteiger partial charge in [0.2, 0.25) is 0 Å². The van der Waals surface area contributed by atoms with Crippen molar-refractivity contribution in [2.75, 3.05) is 0 Å². The van der Waals surface area contributed by atoms with Crippen LogP contribution in [0, 0.1) is 15.9 Å². The lowest BCUT2D eigenvalue weighted by atomic mass is 9.99. The third-order valence-electron chi connectivity index (χ3n) is 5.84. The number of ether oxygens (including phenoxy) is 2. The summed E-state index contributed by atoms with van der Waals surface area (Å²) in [5, 5.41) is 17.2. The molecule has 40 heavy (non-hydrogen) atoms. The van der Waals surface area contributed by atoms with Gasteiger partial charge in [0.1, 0.15) is 27.1 Å². The first kappa shape index (κ1) is 28.8. The summed E-state index contributed by atoms with van der Waals surface area (Å²) in [4.78, 5) is 35.4. The second-order valence-corrected chi connectivity index (χ2v) is 11.3. The number of hydrazone groups is 1. The van der Waals surface area contributed by atoms with E-state index in [0.29, 0.717) is 23.4 Å². The Morgan fingerprint density at radius 3 is 2.38 bits per heavy atom.